The summed E-state index contributed by atoms with van der Waals surface area (Å²) < 4.78 is 39.4. The second-order valence-corrected chi connectivity index (χ2v) is 11.7. The van der Waals surface area contributed by atoms with Gasteiger partial charge in [0.05, 0.1) is 5.48 Å². The Hall–Kier alpha value is -4.98. The molecule has 0 aliphatic heterocycles. The molecule has 0 saturated carbocycles. The standard InChI is InChI=1S/C40H24S/c1-4-10-31-26(7-1)17-20-34-36(31)23-30-9-3-6-12-33(30)39(34)28-15-13-25(14-16-28)29-18-21-35-38(24-29)41-37-22-19-27-8-2-5-11-32(27)40(35)37/h1-24H/i13D,14D,15D,16D. The van der Waals surface area contributed by atoms with Crippen LogP contribution in [-0.4, -0.2) is 0 Å². The Morgan fingerprint density at radius 1 is 0.390 bits per heavy atom. The Kier molecular flexibility index (Phi) is 4.09. The van der Waals surface area contributed by atoms with Crippen LogP contribution < -0.4 is 0 Å². The Morgan fingerprint density at radius 3 is 1.85 bits per heavy atom. The Balaban J connectivity index is 1.31. The molecule has 9 rings (SSSR count). The maximum Gasteiger partial charge on any atom is 0.0629 e. The highest BCUT2D eigenvalue weighted by Crippen LogP contribution is 2.42. The zero-order valence-corrected chi connectivity index (χ0v) is 22.8. The molecule has 0 radical (unpaired) electrons. The fourth-order valence-corrected chi connectivity index (χ4v) is 7.53. The largest absolute Gasteiger partial charge is 0.135 e. The number of thiophene rings is 1. The topological polar surface area (TPSA) is 0 Å². The molecular formula is C40H24S. The molecule has 1 heteroatoms. The number of fused-ring (bicyclic) bond motifs is 9. The smallest absolute Gasteiger partial charge is 0.0629 e. The average Bonchev–Trinajstić information content (AvgIpc) is 3.46. The molecule has 0 N–H and O–H groups in total. The van der Waals surface area contributed by atoms with Crippen LogP contribution in [0, 0.1) is 0 Å². The summed E-state index contributed by atoms with van der Waals surface area (Å²) in [5.74, 6) is 0. The molecule has 0 amide bonds. The van der Waals surface area contributed by atoms with E-state index in [-0.39, 0.29) is 24.2 Å². The van der Waals surface area contributed by atoms with Crippen molar-refractivity contribution in [3.8, 4) is 22.3 Å². The Labute approximate surface area is 247 Å². The van der Waals surface area contributed by atoms with Crippen LogP contribution in [0.2, 0.25) is 0 Å². The molecule has 0 bridgehead atoms. The lowest BCUT2D eigenvalue weighted by Crippen LogP contribution is -1.87. The van der Waals surface area contributed by atoms with Gasteiger partial charge in [-0.05, 0) is 83.5 Å². The lowest BCUT2D eigenvalue weighted by atomic mass is 9.89. The molecule has 0 saturated heterocycles. The molecule has 0 atom stereocenters. The first-order chi connectivity index (χ1) is 22.0. The number of hydrogen-bond acceptors (Lipinski definition) is 1. The number of hydrogen-bond donors (Lipinski definition) is 0. The molecule has 0 aliphatic carbocycles. The molecule has 1 heterocycles. The van der Waals surface area contributed by atoms with E-state index < -0.39 is 0 Å². The first-order valence-corrected chi connectivity index (χ1v) is 14.6. The zero-order valence-electron chi connectivity index (χ0n) is 26.0. The number of benzene rings is 8. The minimum absolute atomic E-state index is 0.0285. The van der Waals surface area contributed by atoms with E-state index in [1.807, 2.05) is 48.5 Å². The first-order valence-electron chi connectivity index (χ1n) is 15.8. The maximum atomic E-state index is 9.33. The van der Waals surface area contributed by atoms with Crippen LogP contribution in [0.15, 0.2) is 145 Å². The van der Waals surface area contributed by atoms with Gasteiger partial charge in [-0.15, -0.1) is 11.3 Å². The van der Waals surface area contributed by atoms with Crippen LogP contribution in [0.5, 0.6) is 0 Å². The summed E-state index contributed by atoms with van der Waals surface area (Å²) in [5, 5.41) is 10.8. The molecule has 41 heavy (non-hydrogen) atoms. The monoisotopic (exact) mass is 540 g/mol. The third kappa shape index (κ3) is 3.46. The third-order valence-electron chi connectivity index (χ3n) is 8.30. The van der Waals surface area contributed by atoms with Gasteiger partial charge < -0.3 is 0 Å². The van der Waals surface area contributed by atoms with Crippen molar-refractivity contribution >= 4 is 74.6 Å². The molecule has 1 aromatic heterocycles. The van der Waals surface area contributed by atoms with E-state index in [0.29, 0.717) is 16.7 Å². The second-order valence-electron chi connectivity index (χ2n) is 10.6. The van der Waals surface area contributed by atoms with Crippen molar-refractivity contribution < 1.29 is 5.48 Å². The Morgan fingerprint density at radius 2 is 1.02 bits per heavy atom. The van der Waals surface area contributed by atoms with Gasteiger partial charge in [-0.1, -0.05) is 127 Å². The van der Waals surface area contributed by atoms with Crippen LogP contribution >= 0.6 is 11.3 Å². The first kappa shape index (κ1) is 19.2. The third-order valence-corrected chi connectivity index (χ3v) is 9.41. The van der Waals surface area contributed by atoms with Gasteiger partial charge in [0.25, 0.3) is 0 Å². The fraction of sp³-hybridized carbons (Fsp3) is 0. The Bertz CT molecular complexity index is 2680. The van der Waals surface area contributed by atoms with Gasteiger partial charge in [0, 0.05) is 20.2 Å². The van der Waals surface area contributed by atoms with Gasteiger partial charge in [-0.25, -0.2) is 0 Å². The number of rotatable bonds is 2. The van der Waals surface area contributed by atoms with E-state index >= 15 is 0 Å². The van der Waals surface area contributed by atoms with Gasteiger partial charge in [0.1, 0.15) is 0 Å². The van der Waals surface area contributed by atoms with Crippen LogP contribution in [0.4, 0.5) is 0 Å². The fourth-order valence-electron chi connectivity index (χ4n) is 6.37. The van der Waals surface area contributed by atoms with E-state index in [4.69, 9.17) is 0 Å². The molecule has 190 valence electrons. The lowest BCUT2D eigenvalue weighted by Gasteiger charge is -2.14. The van der Waals surface area contributed by atoms with Crippen LogP contribution in [0.1, 0.15) is 5.48 Å². The molecule has 9 aromatic rings. The van der Waals surface area contributed by atoms with Crippen molar-refractivity contribution in [3.63, 3.8) is 0 Å². The SMILES string of the molecule is [2H]c1c([2H])c(-c2c3ccccc3cc3c2ccc2ccccc23)c([2H])c([2H])c1-c1ccc2c(c1)sc1ccc3ccccc3c12. The summed E-state index contributed by atoms with van der Waals surface area (Å²) in [4.78, 5) is 0. The molecule has 0 fully saturated rings. The predicted octanol–water partition coefficient (Wildman–Crippen LogP) is 12.0. The van der Waals surface area contributed by atoms with Gasteiger partial charge in [-0.2, -0.15) is 0 Å². The van der Waals surface area contributed by atoms with Crippen LogP contribution in [0.25, 0.3) is 85.5 Å². The molecule has 0 unspecified atom stereocenters. The van der Waals surface area contributed by atoms with Crippen molar-refractivity contribution in [2.75, 3.05) is 0 Å². The summed E-state index contributed by atoms with van der Waals surface area (Å²) in [5.41, 5.74) is 2.09. The van der Waals surface area contributed by atoms with Crippen molar-refractivity contribution in [1.29, 1.82) is 0 Å². The molecule has 0 nitrogen and oxygen atoms in total. The lowest BCUT2D eigenvalue weighted by molar-refractivity contribution is 1.64. The minimum Gasteiger partial charge on any atom is -0.135 e. The minimum atomic E-state index is -0.0289. The van der Waals surface area contributed by atoms with Gasteiger partial charge in [0.2, 0.25) is 0 Å². The summed E-state index contributed by atoms with van der Waals surface area (Å²) >= 11 is 1.69. The maximum absolute atomic E-state index is 9.33. The molecule has 8 aromatic carbocycles. The molecular weight excluding hydrogens is 513 g/mol. The quantitative estimate of drug-likeness (QED) is 0.151. The van der Waals surface area contributed by atoms with Crippen molar-refractivity contribution in [2.24, 2.45) is 0 Å². The summed E-state index contributed by atoms with van der Waals surface area (Å²) in [6, 6.07) is 41.2. The van der Waals surface area contributed by atoms with E-state index in [9.17, 15) is 5.48 Å². The normalized spacial score (nSPS) is 13.3. The van der Waals surface area contributed by atoms with E-state index in [1.54, 1.807) is 11.3 Å². The summed E-state index contributed by atoms with van der Waals surface area (Å²) in [7, 11) is 0. The van der Waals surface area contributed by atoms with Crippen molar-refractivity contribution in [3.05, 3.63) is 145 Å². The van der Waals surface area contributed by atoms with Gasteiger partial charge >= 0.3 is 0 Å². The summed E-state index contributed by atoms with van der Waals surface area (Å²) in [6.45, 7) is 0. The predicted molar refractivity (Wildman–Crippen MR) is 180 cm³/mol. The highest BCUT2D eigenvalue weighted by molar-refractivity contribution is 7.26. The van der Waals surface area contributed by atoms with E-state index in [2.05, 4.69) is 72.8 Å². The summed E-state index contributed by atoms with van der Waals surface area (Å²) in [6.07, 6.45) is 0. The van der Waals surface area contributed by atoms with Crippen molar-refractivity contribution in [2.45, 2.75) is 0 Å². The van der Waals surface area contributed by atoms with E-state index in [1.165, 1.54) is 20.9 Å². The zero-order chi connectivity index (χ0) is 30.4. The highest BCUT2D eigenvalue weighted by atomic mass is 32.1. The van der Waals surface area contributed by atoms with Gasteiger partial charge in [-0.3, -0.25) is 0 Å². The molecule has 0 spiro atoms. The van der Waals surface area contributed by atoms with Crippen LogP contribution in [0.3, 0.4) is 0 Å². The highest BCUT2D eigenvalue weighted by Gasteiger charge is 2.13. The van der Waals surface area contributed by atoms with E-state index in [0.717, 1.165) is 48.0 Å². The second kappa shape index (κ2) is 8.76. The van der Waals surface area contributed by atoms with Crippen molar-refractivity contribution in [1.82, 2.24) is 0 Å². The average molecular weight is 541 g/mol. The van der Waals surface area contributed by atoms with Gasteiger partial charge in [0.15, 0.2) is 0 Å². The molecule has 0 aliphatic rings. The van der Waals surface area contributed by atoms with Crippen LogP contribution in [-0.2, 0) is 0 Å².